The molecule has 0 aliphatic rings. The first kappa shape index (κ1) is 21.3. The van der Waals surface area contributed by atoms with E-state index in [-0.39, 0.29) is 0 Å². The molecular weight excluding hydrogens is 336 g/mol. The van der Waals surface area contributed by atoms with Gasteiger partial charge in [0, 0.05) is 11.1 Å². The SMILES string of the molecule is CCCC/C=C/c1ccc(C#CC#Cc2ccc(/C=C/CCCC)cc2)cc1. The average Bonchev–Trinajstić information content (AvgIpc) is 2.74. The molecular formula is C28H30. The first-order chi connectivity index (χ1) is 13.8. The maximum Gasteiger partial charge on any atom is 0.0255 e. The van der Waals surface area contributed by atoms with Gasteiger partial charge >= 0.3 is 0 Å². The molecule has 0 bridgehead atoms. The minimum atomic E-state index is 0.993. The molecule has 0 aliphatic carbocycles. The van der Waals surface area contributed by atoms with Crippen molar-refractivity contribution in [3.05, 3.63) is 82.9 Å². The van der Waals surface area contributed by atoms with Crippen LogP contribution in [0.25, 0.3) is 12.2 Å². The van der Waals surface area contributed by atoms with Gasteiger partial charge in [-0.2, -0.15) is 0 Å². The summed E-state index contributed by atoms with van der Waals surface area (Å²) in [5, 5.41) is 0. The van der Waals surface area contributed by atoms with E-state index in [1.165, 1.54) is 36.8 Å². The molecule has 0 heterocycles. The number of benzene rings is 2. The van der Waals surface area contributed by atoms with E-state index >= 15 is 0 Å². The van der Waals surface area contributed by atoms with E-state index in [4.69, 9.17) is 0 Å². The third-order valence-electron chi connectivity index (χ3n) is 4.37. The number of hydrogen-bond donors (Lipinski definition) is 0. The molecule has 0 nitrogen and oxygen atoms in total. The van der Waals surface area contributed by atoms with Crippen LogP contribution in [0.15, 0.2) is 60.7 Å². The molecule has 28 heavy (non-hydrogen) atoms. The van der Waals surface area contributed by atoms with E-state index in [1.54, 1.807) is 0 Å². The van der Waals surface area contributed by atoms with Crippen LogP contribution in [-0.2, 0) is 0 Å². The van der Waals surface area contributed by atoms with Crippen LogP contribution in [0.5, 0.6) is 0 Å². The summed E-state index contributed by atoms with van der Waals surface area (Å²) < 4.78 is 0. The van der Waals surface area contributed by atoms with Gasteiger partial charge in [-0.25, -0.2) is 0 Å². The Bertz CT molecular complexity index is 792. The van der Waals surface area contributed by atoms with Crippen molar-refractivity contribution >= 4 is 12.2 Å². The Balaban J connectivity index is 1.88. The maximum atomic E-state index is 3.11. The van der Waals surface area contributed by atoms with Crippen molar-refractivity contribution in [2.45, 2.75) is 52.4 Å². The van der Waals surface area contributed by atoms with Crippen molar-refractivity contribution in [1.29, 1.82) is 0 Å². The summed E-state index contributed by atoms with van der Waals surface area (Å²) in [4.78, 5) is 0. The van der Waals surface area contributed by atoms with Gasteiger partial charge in [0.15, 0.2) is 0 Å². The zero-order valence-corrected chi connectivity index (χ0v) is 17.2. The van der Waals surface area contributed by atoms with Gasteiger partial charge in [-0.15, -0.1) is 0 Å². The van der Waals surface area contributed by atoms with E-state index in [0.29, 0.717) is 0 Å². The fraction of sp³-hybridized carbons (Fsp3) is 0.286. The molecule has 0 atom stereocenters. The third kappa shape index (κ3) is 8.62. The summed E-state index contributed by atoms with van der Waals surface area (Å²) in [7, 11) is 0. The second kappa shape index (κ2) is 13.2. The lowest BCUT2D eigenvalue weighted by Crippen LogP contribution is -1.77. The second-order valence-electron chi connectivity index (χ2n) is 6.83. The molecule has 2 aromatic carbocycles. The van der Waals surface area contributed by atoms with Gasteiger partial charge < -0.3 is 0 Å². The molecule has 0 aromatic heterocycles. The first-order valence-electron chi connectivity index (χ1n) is 10.4. The van der Waals surface area contributed by atoms with Crippen molar-refractivity contribution in [3.63, 3.8) is 0 Å². The Hall–Kier alpha value is -2.96. The van der Waals surface area contributed by atoms with Crippen LogP contribution < -0.4 is 0 Å². The van der Waals surface area contributed by atoms with E-state index in [0.717, 1.165) is 24.0 Å². The maximum absolute atomic E-state index is 3.11. The normalized spacial score (nSPS) is 10.5. The molecule has 0 fully saturated rings. The largest absolute Gasteiger partial charge is 0.0839 e. The molecule has 0 saturated carbocycles. The number of allylic oxidation sites excluding steroid dienone is 2. The van der Waals surface area contributed by atoms with Crippen molar-refractivity contribution in [2.75, 3.05) is 0 Å². The zero-order chi connectivity index (χ0) is 19.9. The smallest absolute Gasteiger partial charge is 0.0255 e. The van der Waals surface area contributed by atoms with E-state index in [1.807, 2.05) is 24.3 Å². The van der Waals surface area contributed by atoms with E-state index in [9.17, 15) is 0 Å². The van der Waals surface area contributed by atoms with Crippen LogP contribution in [0.4, 0.5) is 0 Å². The van der Waals surface area contributed by atoms with Crippen LogP contribution in [0.1, 0.15) is 74.6 Å². The minimum Gasteiger partial charge on any atom is -0.0839 e. The fourth-order valence-electron chi connectivity index (χ4n) is 2.64. The van der Waals surface area contributed by atoms with Crippen LogP contribution >= 0.6 is 0 Å². The van der Waals surface area contributed by atoms with Crippen molar-refractivity contribution in [1.82, 2.24) is 0 Å². The summed E-state index contributed by atoms with van der Waals surface area (Å²) >= 11 is 0. The van der Waals surface area contributed by atoms with Gasteiger partial charge in [0.25, 0.3) is 0 Å². The van der Waals surface area contributed by atoms with Crippen LogP contribution in [-0.4, -0.2) is 0 Å². The highest BCUT2D eigenvalue weighted by Gasteiger charge is 1.89. The van der Waals surface area contributed by atoms with Crippen LogP contribution in [0, 0.1) is 23.7 Å². The predicted octanol–water partition coefficient (Wildman–Crippen LogP) is 7.50. The second-order valence-corrected chi connectivity index (χ2v) is 6.83. The molecule has 0 aliphatic heterocycles. The number of rotatable bonds is 8. The summed E-state index contributed by atoms with van der Waals surface area (Å²) in [6.45, 7) is 4.43. The molecule has 0 radical (unpaired) electrons. The topological polar surface area (TPSA) is 0 Å². The highest BCUT2D eigenvalue weighted by atomic mass is 13.9. The van der Waals surface area contributed by atoms with Gasteiger partial charge in [0.05, 0.1) is 0 Å². The lowest BCUT2D eigenvalue weighted by molar-refractivity contribution is 0.816. The molecule has 0 unspecified atom stereocenters. The molecule has 0 spiro atoms. The predicted molar refractivity (Wildman–Crippen MR) is 124 cm³/mol. The minimum absolute atomic E-state index is 0.993. The number of hydrogen-bond acceptors (Lipinski definition) is 0. The Labute approximate surface area is 171 Å². The Morgan fingerprint density at radius 1 is 0.607 bits per heavy atom. The lowest BCUT2D eigenvalue weighted by Gasteiger charge is -1.94. The average molecular weight is 367 g/mol. The fourth-order valence-corrected chi connectivity index (χ4v) is 2.64. The molecule has 142 valence electrons. The number of unbranched alkanes of at least 4 members (excludes halogenated alkanes) is 4. The van der Waals surface area contributed by atoms with Gasteiger partial charge in [-0.3, -0.25) is 0 Å². The standard InChI is InChI=1S/C28H30/c1-3-5-7-9-13-25-17-21-27(22-18-25)15-11-12-16-28-23-19-26(20-24-28)14-10-8-6-4-2/h9-10,13-14,17-24H,3-8H2,1-2H3/b13-9+,14-10+. The highest BCUT2D eigenvalue weighted by Crippen LogP contribution is 2.08. The molecule has 0 heteroatoms. The summed E-state index contributed by atoms with van der Waals surface area (Å²) in [6.07, 6.45) is 16.1. The zero-order valence-electron chi connectivity index (χ0n) is 17.2. The summed E-state index contributed by atoms with van der Waals surface area (Å²) in [6, 6.07) is 16.6. The Morgan fingerprint density at radius 3 is 1.36 bits per heavy atom. The van der Waals surface area contributed by atoms with Gasteiger partial charge in [-0.05, 0) is 60.1 Å². The van der Waals surface area contributed by atoms with Gasteiger partial charge in [0.1, 0.15) is 0 Å². The molecule has 0 N–H and O–H groups in total. The van der Waals surface area contributed by atoms with E-state index < -0.39 is 0 Å². The summed E-state index contributed by atoms with van der Waals surface area (Å²) in [5.74, 6) is 12.1. The van der Waals surface area contributed by atoms with Crippen molar-refractivity contribution < 1.29 is 0 Å². The molecule has 0 saturated heterocycles. The monoisotopic (exact) mass is 366 g/mol. The molecule has 2 aromatic rings. The van der Waals surface area contributed by atoms with Crippen molar-refractivity contribution in [2.24, 2.45) is 0 Å². The van der Waals surface area contributed by atoms with Crippen LogP contribution in [0.3, 0.4) is 0 Å². The summed E-state index contributed by atoms with van der Waals surface area (Å²) in [5.41, 5.74) is 4.42. The molecule has 0 amide bonds. The van der Waals surface area contributed by atoms with Gasteiger partial charge in [0.2, 0.25) is 0 Å². The quantitative estimate of drug-likeness (QED) is 0.335. The Kier molecular flexibility index (Phi) is 10.1. The third-order valence-corrected chi connectivity index (χ3v) is 4.37. The lowest BCUT2D eigenvalue weighted by atomic mass is 10.1. The first-order valence-corrected chi connectivity index (χ1v) is 10.4. The van der Waals surface area contributed by atoms with Gasteiger partial charge in [-0.1, -0.05) is 99.9 Å². The van der Waals surface area contributed by atoms with Crippen LogP contribution in [0.2, 0.25) is 0 Å². The highest BCUT2D eigenvalue weighted by molar-refractivity contribution is 5.53. The van der Waals surface area contributed by atoms with E-state index in [2.05, 4.69) is 86.1 Å². The molecule has 2 rings (SSSR count). The Morgan fingerprint density at radius 2 is 1.00 bits per heavy atom. The van der Waals surface area contributed by atoms with Crippen molar-refractivity contribution in [3.8, 4) is 23.7 Å².